The van der Waals surface area contributed by atoms with Crippen molar-refractivity contribution in [3.05, 3.63) is 23.7 Å². The highest BCUT2D eigenvalue weighted by Gasteiger charge is 2.31. The predicted octanol–water partition coefficient (Wildman–Crippen LogP) is 2.63. The maximum Gasteiger partial charge on any atom is 0.230 e. The second kappa shape index (κ2) is 5.69. The molecule has 0 aromatic heterocycles. The van der Waals surface area contributed by atoms with E-state index in [1.54, 1.807) is 11.8 Å². The van der Waals surface area contributed by atoms with Crippen LogP contribution in [-0.4, -0.2) is 24.3 Å². The highest BCUT2D eigenvalue weighted by Crippen LogP contribution is 2.39. The van der Waals surface area contributed by atoms with Gasteiger partial charge >= 0.3 is 0 Å². The van der Waals surface area contributed by atoms with Crippen LogP contribution in [0.2, 0.25) is 0 Å². The molecule has 5 heteroatoms. The number of aliphatic imine (C=N–C) groups is 1. The van der Waals surface area contributed by atoms with E-state index in [1.807, 2.05) is 6.08 Å². The molecule has 2 N–H and O–H groups in total. The topological polar surface area (TPSA) is 56.8 Å². The summed E-state index contributed by atoms with van der Waals surface area (Å²) in [5.74, 6) is 2.82. The van der Waals surface area contributed by atoms with Crippen LogP contribution in [0, 0.1) is 5.41 Å². The Hall–Kier alpha value is -1.10. The lowest BCUT2D eigenvalue weighted by Crippen LogP contribution is -2.19. The SMILES string of the molecule is CCSC(N)=NCCC1(C)C=CC2=C(C1)OCO2. The largest absolute Gasteiger partial charge is 0.458 e. The average Bonchev–Trinajstić information content (AvgIpc) is 2.76. The quantitative estimate of drug-likeness (QED) is 0.629. The molecule has 18 heavy (non-hydrogen) atoms. The third-order valence-electron chi connectivity index (χ3n) is 3.17. The number of hydrogen-bond donors (Lipinski definition) is 1. The van der Waals surface area contributed by atoms with Crippen molar-refractivity contribution in [1.82, 2.24) is 0 Å². The van der Waals surface area contributed by atoms with Gasteiger partial charge in [-0.3, -0.25) is 4.99 Å². The molecule has 1 aliphatic heterocycles. The molecule has 1 unspecified atom stereocenters. The molecule has 0 fully saturated rings. The normalized spacial score (nSPS) is 26.9. The van der Waals surface area contributed by atoms with Gasteiger partial charge in [-0.05, 0) is 23.7 Å². The minimum absolute atomic E-state index is 0.0905. The minimum Gasteiger partial charge on any atom is -0.458 e. The summed E-state index contributed by atoms with van der Waals surface area (Å²) < 4.78 is 10.8. The molecule has 0 amide bonds. The van der Waals surface area contributed by atoms with Crippen molar-refractivity contribution in [3.63, 3.8) is 0 Å². The first-order valence-corrected chi connectivity index (χ1v) is 7.22. The standard InChI is InChI=1S/C13H20N2O2S/c1-3-18-12(14)15-7-6-13(2)5-4-10-11(8-13)17-9-16-10/h4-5H,3,6-9H2,1-2H3,(H2,14,15). The van der Waals surface area contributed by atoms with Gasteiger partial charge in [-0.2, -0.15) is 0 Å². The molecule has 0 radical (unpaired) electrons. The van der Waals surface area contributed by atoms with Crippen molar-refractivity contribution in [3.8, 4) is 0 Å². The number of allylic oxidation sites excluding steroid dienone is 3. The van der Waals surface area contributed by atoms with Gasteiger partial charge < -0.3 is 15.2 Å². The van der Waals surface area contributed by atoms with Gasteiger partial charge in [-0.1, -0.05) is 31.7 Å². The number of rotatable bonds is 4. The third-order valence-corrected chi connectivity index (χ3v) is 3.88. The molecule has 1 heterocycles. The van der Waals surface area contributed by atoms with Crippen LogP contribution in [0.25, 0.3) is 0 Å². The van der Waals surface area contributed by atoms with Gasteiger partial charge in [0.15, 0.2) is 10.9 Å². The highest BCUT2D eigenvalue weighted by molar-refractivity contribution is 8.13. The molecular weight excluding hydrogens is 248 g/mol. The van der Waals surface area contributed by atoms with Crippen molar-refractivity contribution in [2.45, 2.75) is 26.7 Å². The van der Waals surface area contributed by atoms with Gasteiger partial charge in [0, 0.05) is 13.0 Å². The predicted molar refractivity (Wildman–Crippen MR) is 75.2 cm³/mol. The fourth-order valence-electron chi connectivity index (χ4n) is 2.08. The summed E-state index contributed by atoms with van der Waals surface area (Å²) in [7, 11) is 0. The van der Waals surface area contributed by atoms with E-state index >= 15 is 0 Å². The number of hydrogen-bond acceptors (Lipinski definition) is 4. The number of amidine groups is 1. The Balaban J connectivity index is 1.87. The Morgan fingerprint density at radius 3 is 3.17 bits per heavy atom. The lowest BCUT2D eigenvalue weighted by Gasteiger charge is -2.27. The number of nitrogens with zero attached hydrogens (tertiary/aromatic N) is 1. The van der Waals surface area contributed by atoms with Crippen LogP contribution in [0.4, 0.5) is 0 Å². The summed E-state index contributed by atoms with van der Waals surface area (Å²) in [4.78, 5) is 4.37. The zero-order chi connectivity index (χ0) is 13.0. The maximum atomic E-state index is 5.77. The monoisotopic (exact) mass is 268 g/mol. The summed E-state index contributed by atoms with van der Waals surface area (Å²) in [6, 6.07) is 0. The van der Waals surface area contributed by atoms with Gasteiger partial charge in [-0.15, -0.1) is 0 Å². The second-order valence-electron chi connectivity index (χ2n) is 4.76. The lowest BCUT2D eigenvalue weighted by atomic mass is 9.79. The molecule has 0 aromatic carbocycles. The van der Waals surface area contributed by atoms with E-state index in [9.17, 15) is 0 Å². The summed E-state index contributed by atoms with van der Waals surface area (Å²) in [5, 5.41) is 0.682. The molecule has 1 aliphatic carbocycles. The van der Waals surface area contributed by atoms with Gasteiger partial charge in [0.05, 0.1) is 0 Å². The number of ether oxygens (including phenoxy) is 2. The first-order valence-electron chi connectivity index (χ1n) is 6.24. The molecule has 4 nitrogen and oxygen atoms in total. The molecule has 2 aliphatic rings. The highest BCUT2D eigenvalue weighted by atomic mass is 32.2. The van der Waals surface area contributed by atoms with Crippen LogP contribution < -0.4 is 5.73 Å². The van der Waals surface area contributed by atoms with E-state index in [2.05, 4.69) is 24.9 Å². The molecule has 1 atom stereocenters. The molecule has 0 saturated carbocycles. The van der Waals surface area contributed by atoms with Crippen molar-refractivity contribution < 1.29 is 9.47 Å². The van der Waals surface area contributed by atoms with Crippen molar-refractivity contribution >= 4 is 16.9 Å². The van der Waals surface area contributed by atoms with E-state index < -0.39 is 0 Å². The molecule has 100 valence electrons. The summed E-state index contributed by atoms with van der Waals surface area (Å²) in [5.41, 5.74) is 5.86. The van der Waals surface area contributed by atoms with Crippen LogP contribution in [-0.2, 0) is 9.47 Å². The van der Waals surface area contributed by atoms with Crippen LogP contribution in [0.3, 0.4) is 0 Å². The van der Waals surface area contributed by atoms with E-state index in [0.29, 0.717) is 12.0 Å². The Labute approximate surface area is 112 Å². The van der Waals surface area contributed by atoms with Gasteiger partial charge in [0.25, 0.3) is 0 Å². The van der Waals surface area contributed by atoms with E-state index in [-0.39, 0.29) is 5.41 Å². The Morgan fingerprint density at radius 1 is 1.56 bits per heavy atom. The minimum atomic E-state index is 0.0905. The fourth-order valence-corrected chi connectivity index (χ4v) is 2.56. The van der Waals surface area contributed by atoms with Crippen LogP contribution in [0.5, 0.6) is 0 Å². The Bertz CT molecular complexity index is 404. The van der Waals surface area contributed by atoms with Crippen LogP contribution in [0.15, 0.2) is 28.7 Å². The zero-order valence-corrected chi connectivity index (χ0v) is 11.8. The van der Waals surface area contributed by atoms with Crippen molar-refractivity contribution in [2.75, 3.05) is 19.1 Å². The third kappa shape index (κ3) is 3.22. The summed E-state index contributed by atoms with van der Waals surface area (Å²) in [6.45, 7) is 5.39. The second-order valence-corrected chi connectivity index (χ2v) is 6.05. The zero-order valence-electron chi connectivity index (χ0n) is 10.9. The summed E-state index contributed by atoms with van der Waals surface area (Å²) in [6.07, 6.45) is 6.06. The first-order chi connectivity index (χ1) is 8.63. The Morgan fingerprint density at radius 2 is 2.39 bits per heavy atom. The van der Waals surface area contributed by atoms with Crippen LogP contribution in [0.1, 0.15) is 26.7 Å². The molecule has 0 spiro atoms. The molecular formula is C13H20N2O2S. The molecule has 0 aromatic rings. The lowest BCUT2D eigenvalue weighted by molar-refractivity contribution is 0.0697. The van der Waals surface area contributed by atoms with Gasteiger partial charge in [0.2, 0.25) is 6.79 Å². The van der Waals surface area contributed by atoms with E-state index in [4.69, 9.17) is 15.2 Å². The van der Waals surface area contributed by atoms with Crippen molar-refractivity contribution in [2.24, 2.45) is 16.1 Å². The molecule has 2 rings (SSSR count). The molecule has 0 bridgehead atoms. The summed E-state index contributed by atoms with van der Waals surface area (Å²) >= 11 is 1.59. The van der Waals surface area contributed by atoms with Gasteiger partial charge in [-0.25, -0.2) is 0 Å². The molecule has 0 saturated heterocycles. The maximum absolute atomic E-state index is 5.77. The van der Waals surface area contributed by atoms with Gasteiger partial charge in [0.1, 0.15) is 5.76 Å². The number of nitrogens with two attached hydrogens (primary N) is 1. The average molecular weight is 268 g/mol. The smallest absolute Gasteiger partial charge is 0.230 e. The van der Waals surface area contributed by atoms with Crippen molar-refractivity contribution in [1.29, 1.82) is 0 Å². The fraction of sp³-hybridized carbons (Fsp3) is 0.615. The Kier molecular flexibility index (Phi) is 4.22. The van der Waals surface area contributed by atoms with E-state index in [1.165, 1.54) is 0 Å². The number of thioether (sulfide) groups is 1. The van der Waals surface area contributed by atoms with E-state index in [0.717, 1.165) is 36.7 Å². The first kappa shape index (κ1) is 13.3. The van der Waals surface area contributed by atoms with Crippen LogP contribution >= 0.6 is 11.8 Å².